The molecular weight excluding hydrogens is 512 g/mol. The second kappa shape index (κ2) is 11.6. The molecule has 1 aliphatic carbocycles. The fourth-order valence-electron chi connectivity index (χ4n) is 4.63. The minimum Gasteiger partial charge on any atom is -0.406 e. The number of nitrogens with zero attached hydrogens (tertiary/aromatic N) is 4. The molecule has 0 radical (unpaired) electrons. The third kappa shape index (κ3) is 7.29. The predicted octanol–water partition coefficient (Wildman–Crippen LogP) is 5.69. The molecule has 3 aromatic rings. The monoisotopic (exact) mass is 538 g/mol. The third-order valence-corrected chi connectivity index (χ3v) is 7.33. The maximum atomic E-state index is 14.4. The van der Waals surface area contributed by atoms with E-state index in [9.17, 15) is 22.4 Å². The first-order valence-corrected chi connectivity index (χ1v) is 12.6. The molecule has 2 aromatic heterocycles. The van der Waals surface area contributed by atoms with Crippen molar-refractivity contribution in [2.45, 2.75) is 63.8 Å². The number of Topliss-reactive ketones (excluding diaryl/α,β-unsaturated/α-hetero) is 1. The highest BCUT2D eigenvalue weighted by molar-refractivity contribution is 7.11. The summed E-state index contributed by atoms with van der Waals surface area (Å²) in [5.74, 6) is -1.21. The van der Waals surface area contributed by atoms with Gasteiger partial charge in [0.15, 0.2) is 5.78 Å². The lowest BCUT2D eigenvalue weighted by Crippen LogP contribution is -2.20. The van der Waals surface area contributed by atoms with Crippen LogP contribution in [0.1, 0.15) is 64.5 Å². The molecule has 0 unspecified atom stereocenters. The topological polar surface area (TPSA) is 87.1 Å². The molecule has 1 fully saturated rings. The molecule has 1 atom stereocenters. The van der Waals surface area contributed by atoms with Crippen LogP contribution in [0.3, 0.4) is 0 Å². The van der Waals surface area contributed by atoms with Gasteiger partial charge in [0.1, 0.15) is 27.7 Å². The van der Waals surface area contributed by atoms with Crippen molar-refractivity contribution in [2.24, 2.45) is 5.92 Å². The lowest BCUT2D eigenvalue weighted by atomic mass is 9.79. The molecule has 0 amide bonds. The maximum absolute atomic E-state index is 14.4. The van der Waals surface area contributed by atoms with Crippen molar-refractivity contribution in [2.75, 3.05) is 7.11 Å². The molecule has 37 heavy (non-hydrogen) atoms. The summed E-state index contributed by atoms with van der Waals surface area (Å²) in [6.45, 7) is 2.01. The third-order valence-electron chi connectivity index (χ3n) is 6.38. The molecule has 12 heteroatoms. The Kier molecular flexibility index (Phi) is 8.48. The molecule has 1 saturated carbocycles. The molecular formula is C25H26F4N4O3S. The van der Waals surface area contributed by atoms with Gasteiger partial charge in [-0.25, -0.2) is 4.39 Å². The Labute approximate surface area is 215 Å². The normalized spacial score (nSPS) is 19.0. The number of carbonyl (C=O) groups excluding carboxylic acids is 1. The average Bonchev–Trinajstić information content (AvgIpc) is 3.27. The fourth-order valence-corrected chi connectivity index (χ4v) is 5.60. The molecule has 0 aliphatic heterocycles. The number of ketones is 1. The Bertz CT molecular complexity index is 1230. The van der Waals surface area contributed by atoms with Gasteiger partial charge >= 0.3 is 6.36 Å². The highest BCUT2D eigenvalue weighted by atomic mass is 32.1. The minimum absolute atomic E-state index is 0.182. The van der Waals surface area contributed by atoms with Crippen LogP contribution in [0.15, 0.2) is 30.5 Å². The number of rotatable bonds is 9. The Morgan fingerprint density at radius 1 is 1.11 bits per heavy atom. The van der Waals surface area contributed by atoms with Crippen molar-refractivity contribution in [3.05, 3.63) is 63.1 Å². The molecule has 1 aromatic carbocycles. The van der Waals surface area contributed by atoms with E-state index in [0.29, 0.717) is 16.8 Å². The van der Waals surface area contributed by atoms with Gasteiger partial charge in [0, 0.05) is 25.0 Å². The van der Waals surface area contributed by atoms with E-state index < -0.39 is 29.8 Å². The van der Waals surface area contributed by atoms with E-state index in [4.69, 9.17) is 4.74 Å². The van der Waals surface area contributed by atoms with Crippen LogP contribution in [0.4, 0.5) is 17.6 Å². The molecule has 4 rings (SSSR count). The number of aromatic nitrogens is 4. The summed E-state index contributed by atoms with van der Waals surface area (Å²) in [6, 6.07) is 4.55. The van der Waals surface area contributed by atoms with Crippen LogP contribution in [0.5, 0.6) is 5.75 Å². The van der Waals surface area contributed by atoms with Gasteiger partial charge < -0.3 is 9.47 Å². The highest BCUT2D eigenvalue weighted by Crippen LogP contribution is 2.37. The van der Waals surface area contributed by atoms with Gasteiger partial charge in [0.25, 0.3) is 0 Å². The summed E-state index contributed by atoms with van der Waals surface area (Å²) in [7, 11) is 1.18. The summed E-state index contributed by atoms with van der Waals surface area (Å²) < 4.78 is 61.0. The van der Waals surface area contributed by atoms with Crippen molar-refractivity contribution in [1.82, 2.24) is 20.4 Å². The van der Waals surface area contributed by atoms with Crippen LogP contribution in [0.25, 0.3) is 0 Å². The molecule has 0 saturated heterocycles. The predicted molar refractivity (Wildman–Crippen MR) is 127 cm³/mol. The summed E-state index contributed by atoms with van der Waals surface area (Å²) >= 11 is 1.30. The summed E-state index contributed by atoms with van der Waals surface area (Å²) in [6.07, 6.45) is 0.0391. The molecule has 2 heterocycles. The zero-order valence-corrected chi connectivity index (χ0v) is 21.1. The average molecular weight is 539 g/mol. The highest BCUT2D eigenvalue weighted by Gasteiger charge is 2.33. The smallest absolute Gasteiger partial charge is 0.406 e. The van der Waals surface area contributed by atoms with Crippen LogP contribution in [0.2, 0.25) is 0 Å². The van der Waals surface area contributed by atoms with Crippen molar-refractivity contribution in [3.8, 4) is 5.75 Å². The molecule has 0 N–H and O–H groups in total. The minimum atomic E-state index is -4.95. The first-order valence-electron chi connectivity index (χ1n) is 11.8. The molecule has 0 spiro atoms. The van der Waals surface area contributed by atoms with Crippen LogP contribution in [-0.2, 0) is 22.4 Å². The Balaban J connectivity index is 1.34. The van der Waals surface area contributed by atoms with Crippen LogP contribution in [0, 0.1) is 18.7 Å². The quantitative estimate of drug-likeness (QED) is 0.324. The number of carbonyl (C=O) groups is 1. The Hall–Kier alpha value is -2.99. The summed E-state index contributed by atoms with van der Waals surface area (Å²) in [5, 5.41) is 17.9. The number of methoxy groups -OCH3 is 1. The first kappa shape index (κ1) is 27.1. The number of hydrogen-bond donors (Lipinski definition) is 0. The SMILES string of the molecule is CO[C@H](C(=O)Cc1nnc(CC2CCC(c3cc(C)cnn3)CC2)s1)c1cc(OC(F)(F)F)ccc1F. The van der Waals surface area contributed by atoms with Crippen molar-refractivity contribution in [3.63, 3.8) is 0 Å². The van der Waals surface area contributed by atoms with E-state index in [1.807, 2.05) is 6.92 Å². The van der Waals surface area contributed by atoms with Gasteiger partial charge in [-0.2, -0.15) is 10.2 Å². The van der Waals surface area contributed by atoms with E-state index >= 15 is 0 Å². The molecule has 7 nitrogen and oxygen atoms in total. The summed E-state index contributed by atoms with van der Waals surface area (Å²) in [4.78, 5) is 12.9. The fraction of sp³-hybridized carbons (Fsp3) is 0.480. The second-order valence-electron chi connectivity index (χ2n) is 9.16. The Morgan fingerprint density at radius 2 is 1.84 bits per heavy atom. The molecule has 198 valence electrons. The second-order valence-corrected chi connectivity index (χ2v) is 10.3. The Morgan fingerprint density at radius 3 is 2.51 bits per heavy atom. The standard InChI is InChI=1S/C25H26F4N4O3S/c1-14-9-20(31-30-13-14)16-5-3-15(4-6-16)10-22-32-33-23(37-22)12-21(34)24(35-2)18-11-17(7-8-19(18)26)36-25(27,28)29/h7-9,11,13,15-16,24H,3-6,10,12H2,1-2H3/t15?,16?,24-/m0/s1. The van der Waals surface area contributed by atoms with E-state index in [-0.39, 0.29) is 12.0 Å². The van der Waals surface area contributed by atoms with Crippen molar-refractivity contribution in [1.29, 1.82) is 0 Å². The van der Waals surface area contributed by atoms with E-state index in [1.54, 1.807) is 6.20 Å². The molecule has 0 bridgehead atoms. The van der Waals surface area contributed by atoms with Gasteiger partial charge in [-0.15, -0.1) is 34.7 Å². The largest absolute Gasteiger partial charge is 0.573 e. The zero-order valence-electron chi connectivity index (χ0n) is 20.3. The van der Waals surface area contributed by atoms with Crippen LogP contribution >= 0.6 is 11.3 Å². The summed E-state index contributed by atoms with van der Waals surface area (Å²) in [5.41, 5.74) is 1.80. The number of alkyl halides is 3. The number of ether oxygens (including phenoxy) is 2. The van der Waals surface area contributed by atoms with Crippen molar-refractivity contribution < 1.29 is 31.8 Å². The number of aryl methyl sites for hydroxylation is 1. The number of hydrogen-bond acceptors (Lipinski definition) is 8. The van der Waals surface area contributed by atoms with E-state index in [2.05, 4.69) is 31.2 Å². The zero-order chi connectivity index (χ0) is 26.6. The van der Waals surface area contributed by atoms with Crippen LogP contribution < -0.4 is 4.74 Å². The lowest BCUT2D eigenvalue weighted by Gasteiger charge is -2.27. The van der Waals surface area contributed by atoms with Gasteiger partial charge in [-0.05, 0) is 68.4 Å². The van der Waals surface area contributed by atoms with Gasteiger partial charge in [-0.3, -0.25) is 4.79 Å². The van der Waals surface area contributed by atoms with Crippen molar-refractivity contribution >= 4 is 17.1 Å². The van der Waals surface area contributed by atoms with Gasteiger partial charge in [0.05, 0.1) is 18.3 Å². The van der Waals surface area contributed by atoms with E-state index in [1.165, 1.54) is 18.4 Å². The number of halogens is 4. The van der Waals surface area contributed by atoms with Crippen LogP contribution in [-0.4, -0.2) is 39.7 Å². The first-order chi connectivity index (χ1) is 17.6. The lowest BCUT2D eigenvalue weighted by molar-refractivity contribution is -0.274. The molecule has 1 aliphatic rings. The van der Waals surface area contributed by atoms with Gasteiger partial charge in [-0.1, -0.05) is 0 Å². The van der Waals surface area contributed by atoms with E-state index in [0.717, 1.165) is 66.6 Å². The maximum Gasteiger partial charge on any atom is 0.573 e. The van der Waals surface area contributed by atoms with Gasteiger partial charge in [0.2, 0.25) is 0 Å². The number of benzene rings is 1.